The molecule has 0 saturated carbocycles. The minimum Gasteiger partial charge on any atom is -0.354 e. The molecule has 0 atom stereocenters. The van der Waals surface area contributed by atoms with E-state index in [0.29, 0.717) is 0 Å². The average Bonchev–Trinajstić information content (AvgIpc) is 2.74. The Morgan fingerprint density at radius 3 is 2.65 bits per heavy atom. The summed E-state index contributed by atoms with van der Waals surface area (Å²) in [6.45, 7) is 9.23. The van der Waals surface area contributed by atoms with Crippen LogP contribution in [0.5, 0.6) is 0 Å². The van der Waals surface area contributed by atoms with Crippen molar-refractivity contribution in [2.24, 2.45) is 12.5 Å². The van der Waals surface area contributed by atoms with Gasteiger partial charge in [-0.15, -0.1) is 0 Å². The van der Waals surface area contributed by atoms with Crippen LogP contribution in [0, 0.1) is 5.41 Å². The number of carbonyl (C=O) groups excluding carboxylic acids is 1. The number of rotatable bonds is 1. The summed E-state index contributed by atoms with van der Waals surface area (Å²) in [5.41, 5.74) is 0.624. The molecule has 1 aliphatic rings. The van der Waals surface area contributed by atoms with E-state index in [2.05, 4.69) is 20.9 Å². The maximum absolute atomic E-state index is 12.5. The van der Waals surface area contributed by atoms with Gasteiger partial charge in [-0.25, -0.2) is 9.97 Å². The molecule has 2 aromatic rings. The minimum absolute atomic E-state index is 0.229. The van der Waals surface area contributed by atoms with Gasteiger partial charge < -0.3 is 14.4 Å². The highest BCUT2D eigenvalue weighted by atomic mass is 16.2. The topological polar surface area (TPSA) is 54.3 Å². The predicted molar refractivity (Wildman–Crippen MR) is 91.4 cm³/mol. The van der Waals surface area contributed by atoms with E-state index in [1.54, 1.807) is 6.33 Å². The van der Waals surface area contributed by atoms with E-state index in [4.69, 9.17) is 0 Å². The zero-order chi connectivity index (χ0) is 16.6. The van der Waals surface area contributed by atoms with E-state index in [1.807, 2.05) is 43.5 Å². The van der Waals surface area contributed by atoms with Crippen molar-refractivity contribution in [3.8, 4) is 0 Å². The molecule has 1 fully saturated rings. The van der Waals surface area contributed by atoms with Gasteiger partial charge in [0.05, 0.1) is 5.39 Å². The van der Waals surface area contributed by atoms with Crippen LogP contribution < -0.4 is 4.90 Å². The lowest BCUT2D eigenvalue weighted by Crippen LogP contribution is -2.41. The zero-order valence-electron chi connectivity index (χ0n) is 14.4. The van der Waals surface area contributed by atoms with Crippen molar-refractivity contribution in [2.75, 3.05) is 31.1 Å². The normalized spacial score (nSPS) is 16.7. The molecule has 0 unspecified atom stereocenters. The Kier molecular flexibility index (Phi) is 4.00. The predicted octanol–water partition coefficient (Wildman–Crippen LogP) is 2.05. The van der Waals surface area contributed by atoms with Crippen LogP contribution in [0.3, 0.4) is 0 Å². The SMILES string of the molecule is Cn1ccc2c(N3CCCN(C(=O)C(C)(C)C)CC3)ncnc21. The van der Waals surface area contributed by atoms with Crippen LogP contribution in [0.1, 0.15) is 27.2 Å². The lowest BCUT2D eigenvalue weighted by molar-refractivity contribution is -0.139. The van der Waals surface area contributed by atoms with Crippen LogP contribution in [0.15, 0.2) is 18.6 Å². The van der Waals surface area contributed by atoms with Crippen LogP contribution in [0.4, 0.5) is 5.82 Å². The molecule has 0 spiro atoms. The number of carbonyl (C=O) groups is 1. The highest BCUT2D eigenvalue weighted by molar-refractivity contribution is 5.88. The molecule has 1 aliphatic heterocycles. The number of nitrogens with zero attached hydrogens (tertiary/aromatic N) is 5. The molecule has 124 valence electrons. The van der Waals surface area contributed by atoms with Crippen LogP contribution in [-0.2, 0) is 11.8 Å². The fourth-order valence-electron chi connectivity index (χ4n) is 3.12. The number of hydrogen-bond donors (Lipinski definition) is 0. The molecule has 0 aliphatic carbocycles. The molecule has 1 amide bonds. The maximum Gasteiger partial charge on any atom is 0.228 e. The number of fused-ring (bicyclic) bond motifs is 1. The summed E-state index contributed by atoms with van der Waals surface area (Å²) in [5.74, 6) is 1.20. The molecular weight excluding hydrogens is 290 g/mol. The first kappa shape index (κ1) is 15.8. The Morgan fingerprint density at radius 1 is 1.13 bits per heavy atom. The summed E-state index contributed by atoms with van der Waals surface area (Å²) in [4.78, 5) is 25.6. The van der Waals surface area contributed by atoms with E-state index < -0.39 is 0 Å². The molecule has 3 heterocycles. The molecule has 0 N–H and O–H groups in total. The first-order chi connectivity index (χ1) is 10.9. The monoisotopic (exact) mass is 315 g/mol. The highest BCUT2D eigenvalue weighted by Gasteiger charge is 2.29. The van der Waals surface area contributed by atoms with Crippen molar-refractivity contribution < 1.29 is 4.79 Å². The van der Waals surface area contributed by atoms with Crippen LogP contribution >= 0.6 is 0 Å². The molecule has 2 aromatic heterocycles. The van der Waals surface area contributed by atoms with Gasteiger partial charge in [0.2, 0.25) is 5.91 Å². The largest absolute Gasteiger partial charge is 0.354 e. The average molecular weight is 315 g/mol. The van der Waals surface area contributed by atoms with Crippen LogP contribution in [-0.4, -0.2) is 51.5 Å². The third kappa shape index (κ3) is 3.02. The van der Waals surface area contributed by atoms with Gasteiger partial charge in [-0.1, -0.05) is 20.8 Å². The van der Waals surface area contributed by atoms with Gasteiger partial charge in [-0.3, -0.25) is 4.79 Å². The minimum atomic E-state index is -0.323. The number of hydrogen-bond acceptors (Lipinski definition) is 4. The lowest BCUT2D eigenvalue weighted by atomic mass is 9.94. The number of aryl methyl sites for hydroxylation is 1. The first-order valence-corrected chi connectivity index (χ1v) is 8.18. The first-order valence-electron chi connectivity index (χ1n) is 8.18. The van der Waals surface area contributed by atoms with Crippen LogP contribution in [0.25, 0.3) is 11.0 Å². The molecule has 0 radical (unpaired) electrons. The number of anilines is 1. The standard InChI is InChI=1S/C17H25N5O/c1-17(2,3)16(23)22-8-5-7-21(10-11-22)15-13-6-9-20(4)14(13)18-12-19-15/h6,9,12H,5,7-8,10-11H2,1-4H3. The molecule has 1 saturated heterocycles. The van der Waals surface area contributed by atoms with Gasteiger partial charge in [0.25, 0.3) is 0 Å². The molecule has 0 aromatic carbocycles. The van der Waals surface area contributed by atoms with Crippen molar-refractivity contribution in [3.05, 3.63) is 18.6 Å². The number of amides is 1. The van der Waals surface area contributed by atoms with Gasteiger partial charge in [0.15, 0.2) is 0 Å². The highest BCUT2D eigenvalue weighted by Crippen LogP contribution is 2.25. The van der Waals surface area contributed by atoms with Gasteiger partial charge >= 0.3 is 0 Å². The Bertz CT molecular complexity index is 715. The summed E-state index contributed by atoms with van der Waals surface area (Å²) >= 11 is 0. The third-order valence-electron chi connectivity index (χ3n) is 4.36. The fourth-order valence-corrected chi connectivity index (χ4v) is 3.12. The van der Waals surface area contributed by atoms with Gasteiger partial charge in [0, 0.05) is 44.8 Å². The smallest absolute Gasteiger partial charge is 0.228 e. The summed E-state index contributed by atoms with van der Waals surface area (Å²) in [6, 6.07) is 2.06. The zero-order valence-corrected chi connectivity index (χ0v) is 14.4. The third-order valence-corrected chi connectivity index (χ3v) is 4.36. The Labute approximate surface area is 137 Å². The van der Waals surface area contributed by atoms with Crippen molar-refractivity contribution in [1.29, 1.82) is 0 Å². The van der Waals surface area contributed by atoms with E-state index in [1.165, 1.54) is 0 Å². The quantitative estimate of drug-likeness (QED) is 0.808. The fraction of sp³-hybridized carbons (Fsp3) is 0.588. The second-order valence-electron chi connectivity index (χ2n) is 7.24. The Balaban J connectivity index is 1.81. The van der Waals surface area contributed by atoms with E-state index >= 15 is 0 Å². The summed E-state index contributed by atoms with van der Waals surface area (Å²) in [7, 11) is 1.99. The Hall–Kier alpha value is -2.11. The van der Waals surface area contributed by atoms with Crippen molar-refractivity contribution >= 4 is 22.8 Å². The van der Waals surface area contributed by atoms with Gasteiger partial charge in [0.1, 0.15) is 17.8 Å². The lowest BCUT2D eigenvalue weighted by Gasteiger charge is -2.28. The van der Waals surface area contributed by atoms with Gasteiger partial charge in [-0.05, 0) is 12.5 Å². The van der Waals surface area contributed by atoms with Crippen molar-refractivity contribution in [1.82, 2.24) is 19.4 Å². The van der Waals surface area contributed by atoms with Crippen molar-refractivity contribution in [2.45, 2.75) is 27.2 Å². The summed E-state index contributed by atoms with van der Waals surface area (Å²) < 4.78 is 2.01. The molecule has 6 nitrogen and oxygen atoms in total. The van der Waals surface area contributed by atoms with Crippen LogP contribution in [0.2, 0.25) is 0 Å². The molecular formula is C17H25N5O. The van der Waals surface area contributed by atoms with E-state index in [-0.39, 0.29) is 11.3 Å². The molecule has 0 bridgehead atoms. The molecule has 23 heavy (non-hydrogen) atoms. The maximum atomic E-state index is 12.5. The summed E-state index contributed by atoms with van der Waals surface area (Å²) in [5, 5.41) is 1.07. The van der Waals surface area contributed by atoms with Gasteiger partial charge in [-0.2, -0.15) is 0 Å². The second kappa shape index (κ2) is 5.83. The Morgan fingerprint density at radius 2 is 1.91 bits per heavy atom. The molecule has 6 heteroatoms. The summed E-state index contributed by atoms with van der Waals surface area (Å²) in [6.07, 6.45) is 4.59. The van der Waals surface area contributed by atoms with E-state index in [0.717, 1.165) is 49.5 Å². The molecule has 3 rings (SSSR count). The van der Waals surface area contributed by atoms with Crippen molar-refractivity contribution in [3.63, 3.8) is 0 Å². The van der Waals surface area contributed by atoms with E-state index in [9.17, 15) is 4.79 Å². The number of aromatic nitrogens is 3. The second-order valence-corrected chi connectivity index (χ2v) is 7.24.